The molecule has 5 heteroatoms. The molecule has 0 bridgehead atoms. The Bertz CT molecular complexity index is 338. The van der Waals surface area contributed by atoms with Crippen molar-refractivity contribution in [1.82, 2.24) is 4.98 Å². The molecule has 2 nitrogen and oxygen atoms in total. The zero-order valence-electron chi connectivity index (χ0n) is 6.72. The van der Waals surface area contributed by atoms with Gasteiger partial charge in [0, 0.05) is 11.1 Å². The van der Waals surface area contributed by atoms with Crippen LogP contribution in [0.5, 0.6) is 0 Å². The fourth-order valence-electron chi connectivity index (χ4n) is 0.903. The summed E-state index contributed by atoms with van der Waals surface area (Å²) < 4.78 is 37.2. The van der Waals surface area contributed by atoms with Crippen molar-refractivity contribution in [2.45, 2.75) is 13.3 Å². The van der Waals surface area contributed by atoms with Crippen molar-refractivity contribution in [3.8, 4) is 0 Å². The Kier molecular flexibility index (Phi) is 2.65. The van der Waals surface area contributed by atoms with Crippen LogP contribution in [0.25, 0.3) is 0 Å². The van der Waals surface area contributed by atoms with E-state index in [4.69, 9.17) is 0 Å². The predicted molar refractivity (Wildman–Crippen MR) is 39.3 cm³/mol. The van der Waals surface area contributed by atoms with Gasteiger partial charge in [0.25, 0.3) is 6.43 Å². The van der Waals surface area contributed by atoms with Gasteiger partial charge in [0.1, 0.15) is 5.69 Å². The molecule has 0 aliphatic rings. The first-order chi connectivity index (χ1) is 6.06. The average molecular weight is 189 g/mol. The molecule has 1 heterocycles. The quantitative estimate of drug-likeness (QED) is 0.527. The number of hydrogen-bond donors (Lipinski definition) is 0. The van der Waals surface area contributed by atoms with E-state index < -0.39 is 17.9 Å². The maximum atomic E-state index is 12.8. The highest BCUT2D eigenvalue weighted by Crippen LogP contribution is 2.23. The van der Waals surface area contributed by atoms with Crippen molar-refractivity contribution in [2.24, 2.45) is 0 Å². The third-order valence-electron chi connectivity index (χ3n) is 1.63. The zero-order chi connectivity index (χ0) is 10.0. The fourth-order valence-corrected chi connectivity index (χ4v) is 0.903. The number of pyridine rings is 1. The molecule has 1 aromatic heterocycles. The molecule has 0 fully saturated rings. The highest BCUT2D eigenvalue weighted by molar-refractivity contribution is 5.72. The summed E-state index contributed by atoms with van der Waals surface area (Å²) in [5.41, 5.74) is -1.03. The van der Waals surface area contributed by atoms with Crippen LogP contribution >= 0.6 is 0 Å². The molecule has 1 aromatic rings. The van der Waals surface area contributed by atoms with Crippen LogP contribution in [-0.2, 0) is 0 Å². The summed E-state index contributed by atoms with van der Waals surface area (Å²) in [6.07, 6.45) is -2.56. The van der Waals surface area contributed by atoms with Gasteiger partial charge in [-0.05, 0) is 13.0 Å². The summed E-state index contributed by atoms with van der Waals surface area (Å²) in [5.74, 6) is -1.03. The number of carbonyl (C=O) groups is 1. The number of halogens is 3. The first-order valence-corrected chi connectivity index (χ1v) is 3.46. The normalized spacial score (nSPS) is 10.5. The number of alkyl halides is 2. The van der Waals surface area contributed by atoms with E-state index in [2.05, 4.69) is 4.98 Å². The fraction of sp³-hybridized carbons (Fsp3) is 0.250. The minimum absolute atomic E-state index is 0.222. The van der Waals surface area contributed by atoms with Crippen LogP contribution in [0.3, 0.4) is 0 Å². The Hall–Kier alpha value is -1.39. The van der Waals surface area contributed by atoms with Gasteiger partial charge >= 0.3 is 0 Å². The average Bonchev–Trinajstić information content (AvgIpc) is 2.09. The second kappa shape index (κ2) is 3.55. The highest BCUT2D eigenvalue weighted by Gasteiger charge is 2.15. The summed E-state index contributed by atoms with van der Waals surface area (Å²) in [6.45, 7) is 1.19. The number of aldehydes is 1. The van der Waals surface area contributed by atoms with E-state index >= 15 is 0 Å². The van der Waals surface area contributed by atoms with Gasteiger partial charge in [-0.25, -0.2) is 13.8 Å². The lowest BCUT2D eigenvalue weighted by molar-refractivity contribution is 0.111. The molecular formula is C8H6F3NO. The van der Waals surface area contributed by atoms with Crippen LogP contribution in [0.2, 0.25) is 0 Å². The van der Waals surface area contributed by atoms with Crippen LogP contribution in [0.1, 0.15) is 28.0 Å². The van der Waals surface area contributed by atoms with E-state index in [1.165, 1.54) is 6.92 Å². The molecule has 1 rings (SSSR count). The molecule has 0 saturated carbocycles. The van der Waals surface area contributed by atoms with Crippen molar-refractivity contribution < 1.29 is 18.0 Å². The minimum atomic E-state index is -2.80. The SMILES string of the molecule is Cc1c(C(F)F)cc(C=O)nc1F. The Morgan fingerprint density at radius 3 is 2.62 bits per heavy atom. The van der Waals surface area contributed by atoms with Crippen molar-refractivity contribution in [3.63, 3.8) is 0 Å². The first-order valence-electron chi connectivity index (χ1n) is 3.46. The molecule has 13 heavy (non-hydrogen) atoms. The van der Waals surface area contributed by atoms with E-state index in [1.54, 1.807) is 0 Å². The van der Waals surface area contributed by atoms with Gasteiger partial charge in [-0.1, -0.05) is 0 Å². The van der Waals surface area contributed by atoms with Gasteiger partial charge in [-0.2, -0.15) is 4.39 Å². The highest BCUT2D eigenvalue weighted by atomic mass is 19.3. The Balaban J connectivity index is 3.32. The topological polar surface area (TPSA) is 30.0 Å². The standard InChI is InChI=1S/C8H6F3NO/c1-4-6(7(9)10)2-5(3-13)12-8(4)11/h2-3,7H,1H3. The van der Waals surface area contributed by atoms with Crippen molar-refractivity contribution in [2.75, 3.05) is 0 Å². The van der Waals surface area contributed by atoms with E-state index in [9.17, 15) is 18.0 Å². The van der Waals surface area contributed by atoms with Crippen LogP contribution in [0.15, 0.2) is 6.07 Å². The molecule has 0 atom stereocenters. The van der Waals surface area contributed by atoms with Crippen molar-refractivity contribution >= 4 is 6.29 Å². The lowest BCUT2D eigenvalue weighted by Gasteiger charge is -2.05. The lowest BCUT2D eigenvalue weighted by Crippen LogP contribution is -2.00. The first kappa shape index (κ1) is 9.70. The third-order valence-corrected chi connectivity index (χ3v) is 1.63. The third kappa shape index (κ3) is 1.85. The van der Waals surface area contributed by atoms with Crippen molar-refractivity contribution in [3.05, 3.63) is 28.8 Å². The maximum Gasteiger partial charge on any atom is 0.264 e. The predicted octanol–water partition coefficient (Wildman–Crippen LogP) is 2.28. The smallest absolute Gasteiger partial charge is 0.264 e. The molecule has 70 valence electrons. The number of carbonyl (C=O) groups excluding carboxylic acids is 1. The molecular weight excluding hydrogens is 183 g/mol. The van der Waals surface area contributed by atoms with Crippen LogP contribution in [0, 0.1) is 12.9 Å². The Morgan fingerprint density at radius 2 is 2.15 bits per heavy atom. The van der Waals surface area contributed by atoms with Gasteiger partial charge < -0.3 is 0 Å². The van der Waals surface area contributed by atoms with E-state index in [-0.39, 0.29) is 17.5 Å². The van der Waals surface area contributed by atoms with Gasteiger partial charge in [-0.15, -0.1) is 0 Å². The molecule has 0 unspecified atom stereocenters. The summed E-state index contributed by atoms with van der Waals surface area (Å²) in [5, 5.41) is 0. The van der Waals surface area contributed by atoms with Crippen LogP contribution in [-0.4, -0.2) is 11.3 Å². The summed E-state index contributed by atoms with van der Waals surface area (Å²) in [4.78, 5) is 13.3. The van der Waals surface area contributed by atoms with E-state index in [0.717, 1.165) is 6.07 Å². The molecule has 0 aliphatic carbocycles. The largest absolute Gasteiger partial charge is 0.296 e. The summed E-state index contributed by atoms with van der Waals surface area (Å²) in [6, 6.07) is 0.885. The molecule has 0 aromatic carbocycles. The van der Waals surface area contributed by atoms with Gasteiger partial charge in [0.15, 0.2) is 6.29 Å². The van der Waals surface area contributed by atoms with Gasteiger partial charge in [0.05, 0.1) is 0 Å². The second-order valence-electron chi connectivity index (χ2n) is 2.47. The summed E-state index contributed by atoms with van der Waals surface area (Å²) >= 11 is 0. The molecule has 0 N–H and O–H groups in total. The second-order valence-corrected chi connectivity index (χ2v) is 2.47. The molecule has 0 aliphatic heterocycles. The summed E-state index contributed by atoms with van der Waals surface area (Å²) in [7, 11) is 0. The van der Waals surface area contributed by atoms with Crippen LogP contribution in [0.4, 0.5) is 13.2 Å². The number of hydrogen-bond acceptors (Lipinski definition) is 2. The molecule has 0 radical (unpaired) electrons. The monoisotopic (exact) mass is 189 g/mol. The maximum absolute atomic E-state index is 12.8. The number of nitrogens with zero attached hydrogens (tertiary/aromatic N) is 1. The Labute approximate surface area is 72.4 Å². The number of rotatable bonds is 2. The number of aromatic nitrogens is 1. The van der Waals surface area contributed by atoms with E-state index in [1.807, 2.05) is 0 Å². The zero-order valence-corrected chi connectivity index (χ0v) is 6.72. The van der Waals surface area contributed by atoms with Crippen molar-refractivity contribution in [1.29, 1.82) is 0 Å². The minimum Gasteiger partial charge on any atom is -0.296 e. The molecule has 0 saturated heterocycles. The van der Waals surface area contributed by atoms with Gasteiger partial charge in [-0.3, -0.25) is 4.79 Å². The van der Waals surface area contributed by atoms with Gasteiger partial charge in [0.2, 0.25) is 5.95 Å². The van der Waals surface area contributed by atoms with E-state index in [0.29, 0.717) is 0 Å². The van der Waals surface area contributed by atoms with Crippen LogP contribution < -0.4 is 0 Å². The molecule has 0 amide bonds. The molecule has 0 spiro atoms. The Morgan fingerprint density at radius 1 is 1.54 bits per heavy atom. The lowest BCUT2D eigenvalue weighted by atomic mass is 10.1.